The summed E-state index contributed by atoms with van der Waals surface area (Å²) in [5.74, 6) is -1.52. The van der Waals surface area contributed by atoms with Gasteiger partial charge in [-0.25, -0.2) is 9.78 Å². The maximum atomic E-state index is 12.7. The van der Waals surface area contributed by atoms with Gasteiger partial charge in [0.25, 0.3) is 5.91 Å². The molecule has 0 fully saturated rings. The molecule has 1 amide bonds. The minimum atomic E-state index is -1.07. The Hall–Kier alpha value is -3.93. The number of carboxylic acid groups (broad SMARTS) is 1. The van der Waals surface area contributed by atoms with E-state index in [0.29, 0.717) is 11.2 Å². The van der Waals surface area contributed by atoms with E-state index in [4.69, 9.17) is 0 Å². The van der Waals surface area contributed by atoms with E-state index in [9.17, 15) is 14.7 Å². The zero-order chi connectivity index (χ0) is 20.2. The van der Waals surface area contributed by atoms with Gasteiger partial charge >= 0.3 is 5.97 Å². The highest BCUT2D eigenvalue weighted by Gasteiger charge is 2.21. The van der Waals surface area contributed by atoms with E-state index in [1.807, 2.05) is 71.3 Å². The van der Waals surface area contributed by atoms with Gasteiger partial charge in [-0.05, 0) is 17.7 Å². The van der Waals surface area contributed by atoms with Crippen molar-refractivity contribution in [1.82, 2.24) is 14.7 Å². The molecule has 4 aromatic rings. The highest BCUT2D eigenvalue weighted by molar-refractivity contribution is 5.97. The number of nitrogens with zero attached hydrogens (tertiary/aromatic N) is 2. The number of pyridine rings is 1. The molecule has 29 heavy (non-hydrogen) atoms. The zero-order valence-electron chi connectivity index (χ0n) is 15.5. The predicted octanol–water partition coefficient (Wildman–Crippen LogP) is 3.43. The summed E-state index contributed by atoms with van der Waals surface area (Å²) in [6.45, 7) is 0. The molecule has 2 N–H and O–H groups in total. The summed E-state index contributed by atoms with van der Waals surface area (Å²) in [6.07, 6.45) is 3.85. The summed E-state index contributed by atoms with van der Waals surface area (Å²) < 4.78 is 1.83. The normalized spacial score (nSPS) is 11.9. The standard InChI is InChI=1S/C23H19N3O3/c27-22(25-19(23(28)29)13-16-7-3-1-4-8-16)18-11-12-26-15-20(24-21(26)14-18)17-9-5-2-6-10-17/h1-12,14-15,19H,13H2,(H,25,27)(H,28,29). The Kier molecular flexibility index (Phi) is 5.07. The van der Waals surface area contributed by atoms with Crippen LogP contribution in [0.3, 0.4) is 0 Å². The van der Waals surface area contributed by atoms with Crippen LogP contribution in [0.4, 0.5) is 0 Å². The number of benzene rings is 2. The van der Waals surface area contributed by atoms with Crippen LogP contribution in [0, 0.1) is 0 Å². The first-order chi connectivity index (χ1) is 14.1. The fourth-order valence-electron chi connectivity index (χ4n) is 3.16. The minimum Gasteiger partial charge on any atom is -0.480 e. The van der Waals surface area contributed by atoms with Gasteiger partial charge in [-0.1, -0.05) is 60.7 Å². The molecule has 6 nitrogen and oxygen atoms in total. The van der Waals surface area contributed by atoms with E-state index in [1.165, 1.54) is 0 Å². The summed E-state index contributed by atoms with van der Waals surface area (Å²) in [7, 11) is 0. The summed E-state index contributed by atoms with van der Waals surface area (Å²) >= 11 is 0. The Labute approximate surface area is 167 Å². The number of nitrogens with one attached hydrogen (secondary N) is 1. The highest BCUT2D eigenvalue weighted by atomic mass is 16.4. The first kappa shape index (κ1) is 18.4. The fraction of sp³-hybridized carbons (Fsp3) is 0.0870. The number of aliphatic carboxylic acids is 1. The molecule has 0 saturated carbocycles. The molecule has 0 bridgehead atoms. The van der Waals surface area contributed by atoms with Gasteiger partial charge in [-0.2, -0.15) is 0 Å². The first-order valence-electron chi connectivity index (χ1n) is 9.22. The number of carboxylic acids is 1. The third-order valence-electron chi connectivity index (χ3n) is 4.68. The van der Waals surface area contributed by atoms with Crippen molar-refractivity contribution in [2.45, 2.75) is 12.5 Å². The van der Waals surface area contributed by atoms with Crippen LogP contribution in [0.5, 0.6) is 0 Å². The van der Waals surface area contributed by atoms with E-state index in [-0.39, 0.29) is 6.42 Å². The summed E-state index contributed by atoms with van der Waals surface area (Å²) in [5.41, 5.74) is 3.61. The third-order valence-corrected chi connectivity index (χ3v) is 4.68. The molecule has 1 atom stereocenters. The summed E-state index contributed by atoms with van der Waals surface area (Å²) in [4.78, 5) is 28.8. The fourth-order valence-corrected chi connectivity index (χ4v) is 3.16. The number of fused-ring (bicyclic) bond motifs is 1. The van der Waals surface area contributed by atoms with Crippen molar-refractivity contribution in [3.8, 4) is 11.3 Å². The number of hydrogen-bond acceptors (Lipinski definition) is 3. The summed E-state index contributed by atoms with van der Waals surface area (Å²) in [5, 5.41) is 12.1. The Bertz CT molecular complexity index is 1150. The number of imidazole rings is 1. The van der Waals surface area contributed by atoms with Gasteiger partial charge in [-0.3, -0.25) is 4.79 Å². The number of rotatable bonds is 6. The lowest BCUT2D eigenvalue weighted by Gasteiger charge is -2.14. The van der Waals surface area contributed by atoms with E-state index >= 15 is 0 Å². The molecule has 144 valence electrons. The minimum absolute atomic E-state index is 0.214. The molecular formula is C23H19N3O3. The molecule has 2 aromatic carbocycles. The van der Waals surface area contributed by atoms with E-state index in [1.54, 1.807) is 18.3 Å². The molecule has 0 spiro atoms. The van der Waals surface area contributed by atoms with Gasteiger partial charge in [0.2, 0.25) is 0 Å². The molecule has 0 radical (unpaired) electrons. The lowest BCUT2D eigenvalue weighted by atomic mass is 10.1. The van der Waals surface area contributed by atoms with Crippen LogP contribution in [0.1, 0.15) is 15.9 Å². The molecule has 0 saturated heterocycles. The van der Waals surface area contributed by atoms with Crippen molar-refractivity contribution < 1.29 is 14.7 Å². The Morgan fingerprint density at radius 2 is 1.69 bits per heavy atom. The summed E-state index contributed by atoms with van der Waals surface area (Å²) in [6, 6.07) is 21.3. The van der Waals surface area contributed by atoms with Gasteiger partial charge in [0.15, 0.2) is 0 Å². The number of hydrogen-bond donors (Lipinski definition) is 2. The van der Waals surface area contributed by atoms with E-state index < -0.39 is 17.9 Å². The molecule has 6 heteroatoms. The van der Waals surface area contributed by atoms with Crippen molar-refractivity contribution in [3.63, 3.8) is 0 Å². The molecule has 2 aromatic heterocycles. The van der Waals surface area contributed by atoms with Gasteiger partial charge in [0, 0.05) is 29.9 Å². The molecular weight excluding hydrogens is 366 g/mol. The average Bonchev–Trinajstić information content (AvgIpc) is 3.18. The van der Waals surface area contributed by atoms with E-state index in [0.717, 1.165) is 16.8 Å². The lowest BCUT2D eigenvalue weighted by Crippen LogP contribution is -2.42. The smallest absolute Gasteiger partial charge is 0.326 e. The van der Waals surface area contributed by atoms with Gasteiger partial charge < -0.3 is 14.8 Å². The molecule has 0 aliphatic heterocycles. The molecule has 0 aliphatic rings. The van der Waals surface area contributed by atoms with Crippen LogP contribution in [0.2, 0.25) is 0 Å². The number of aromatic nitrogens is 2. The Balaban J connectivity index is 1.55. The highest BCUT2D eigenvalue weighted by Crippen LogP contribution is 2.19. The predicted molar refractivity (Wildman–Crippen MR) is 110 cm³/mol. The van der Waals surface area contributed by atoms with Gasteiger partial charge in [-0.15, -0.1) is 0 Å². The number of carbonyl (C=O) groups is 2. The van der Waals surface area contributed by atoms with Crippen molar-refractivity contribution in [2.75, 3.05) is 0 Å². The molecule has 2 heterocycles. The second kappa shape index (κ2) is 7.98. The van der Waals surface area contributed by atoms with Crippen LogP contribution in [-0.4, -0.2) is 32.4 Å². The Morgan fingerprint density at radius 3 is 2.38 bits per heavy atom. The topological polar surface area (TPSA) is 83.7 Å². The quantitative estimate of drug-likeness (QED) is 0.533. The van der Waals surface area contributed by atoms with Crippen molar-refractivity contribution in [3.05, 3.63) is 96.3 Å². The number of carbonyl (C=O) groups excluding carboxylic acids is 1. The lowest BCUT2D eigenvalue weighted by molar-refractivity contribution is -0.139. The maximum Gasteiger partial charge on any atom is 0.326 e. The van der Waals surface area contributed by atoms with Gasteiger partial charge in [0.1, 0.15) is 11.7 Å². The van der Waals surface area contributed by atoms with Crippen LogP contribution in [-0.2, 0) is 11.2 Å². The monoisotopic (exact) mass is 385 g/mol. The molecule has 1 unspecified atom stereocenters. The second-order valence-electron chi connectivity index (χ2n) is 6.73. The number of amides is 1. The SMILES string of the molecule is O=C(NC(Cc1ccccc1)C(=O)O)c1ccn2cc(-c3ccccc3)nc2c1. The van der Waals surface area contributed by atoms with Crippen LogP contribution in [0.15, 0.2) is 85.2 Å². The third kappa shape index (κ3) is 4.16. The van der Waals surface area contributed by atoms with Crippen LogP contribution >= 0.6 is 0 Å². The molecule has 0 aliphatic carbocycles. The first-order valence-corrected chi connectivity index (χ1v) is 9.22. The van der Waals surface area contributed by atoms with Crippen molar-refractivity contribution in [2.24, 2.45) is 0 Å². The van der Waals surface area contributed by atoms with Crippen LogP contribution < -0.4 is 5.32 Å². The Morgan fingerprint density at radius 1 is 1.00 bits per heavy atom. The van der Waals surface area contributed by atoms with E-state index in [2.05, 4.69) is 10.3 Å². The maximum absolute atomic E-state index is 12.7. The van der Waals surface area contributed by atoms with Crippen molar-refractivity contribution >= 4 is 17.5 Å². The van der Waals surface area contributed by atoms with Gasteiger partial charge in [0.05, 0.1) is 5.69 Å². The van der Waals surface area contributed by atoms with Crippen LogP contribution in [0.25, 0.3) is 16.9 Å². The zero-order valence-corrected chi connectivity index (χ0v) is 15.5. The molecule has 4 rings (SSSR count). The largest absolute Gasteiger partial charge is 0.480 e. The second-order valence-corrected chi connectivity index (χ2v) is 6.73. The van der Waals surface area contributed by atoms with Crippen molar-refractivity contribution in [1.29, 1.82) is 0 Å². The average molecular weight is 385 g/mol.